The Morgan fingerprint density at radius 2 is 2.11 bits per heavy atom. The van der Waals surface area contributed by atoms with Crippen LogP contribution >= 0.6 is 0 Å². The Labute approximate surface area is 107 Å². The summed E-state index contributed by atoms with van der Waals surface area (Å²) in [5.41, 5.74) is 0. The van der Waals surface area contributed by atoms with E-state index in [0.717, 1.165) is 5.75 Å². The summed E-state index contributed by atoms with van der Waals surface area (Å²) in [6.07, 6.45) is 0.363. The summed E-state index contributed by atoms with van der Waals surface area (Å²) in [7, 11) is 0. The van der Waals surface area contributed by atoms with Crippen molar-refractivity contribution in [3.8, 4) is 5.75 Å². The van der Waals surface area contributed by atoms with Crippen LogP contribution in [0.4, 0.5) is 0 Å². The molecule has 1 aromatic rings. The number of β-amino-alcohol motifs (C(OH)–C–C–N with tert-alkyl or cyclic N) is 1. The number of nitrogens with zero attached hydrogens (tertiary/aromatic N) is 1. The maximum absolute atomic E-state index is 11.9. The van der Waals surface area contributed by atoms with Gasteiger partial charge in [0.05, 0.1) is 12.7 Å². The van der Waals surface area contributed by atoms with Gasteiger partial charge in [-0.25, -0.2) is 0 Å². The molecule has 1 saturated heterocycles. The van der Waals surface area contributed by atoms with Crippen LogP contribution in [0.1, 0.15) is 13.3 Å². The van der Waals surface area contributed by atoms with Crippen molar-refractivity contribution < 1.29 is 14.6 Å². The van der Waals surface area contributed by atoms with Crippen LogP contribution in [0.3, 0.4) is 0 Å². The third kappa shape index (κ3) is 3.23. The summed E-state index contributed by atoms with van der Waals surface area (Å²) in [6, 6.07) is 9.58. The van der Waals surface area contributed by atoms with Crippen LogP contribution in [-0.4, -0.2) is 41.7 Å². The Balaban J connectivity index is 1.68. The van der Waals surface area contributed by atoms with Gasteiger partial charge in [-0.05, 0) is 18.6 Å². The predicted octanol–water partition coefficient (Wildman–Crippen LogP) is 1.29. The second-order valence-electron chi connectivity index (χ2n) is 4.75. The molecule has 0 saturated carbocycles. The first-order chi connectivity index (χ1) is 8.66. The highest BCUT2D eigenvalue weighted by Gasteiger charge is 2.31. The highest BCUT2D eigenvalue weighted by molar-refractivity contribution is 5.79. The number of hydrogen-bond donors (Lipinski definition) is 1. The third-order valence-electron chi connectivity index (χ3n) is 3.16. The molecule has 1 unspecified atom stereocenters. The van der Waals surface area contributed by atoms with Crippen LogP contribution in [0.5, 0.6) is 5.75 Å². The number of hydrogen-bond acceptors (Lipinski definition) is 3. The van der Waals surface area contributed by atoms with E-state index in [0.29, 0.717) is 26.1 Å². The normalized spacial score (nSPS) is 17.1. The highest BCUT2D eigenvalue weighted by Crippen LogP contribution is 2.15. The van der Waals surface area contributed by atoms with Gasteiger partial charge in [-0.1, -0.05) is 25.1 Å². The molecule has 0 bridgehead atoms. The van der Waals surface area contributed by atoms with E-state index in [1.54, 1.807) is 4.90 Å². The van der Waals surface area contributed by atoms with Crippen molar-refractivity contribution in [2.45, 2.75) is 19.4 Å². The van der Waals surface area contributed by atoms with Crippen LogP contribution in [-0.2, 0) is 4.79 Å². The molecule has 1 aliphatic heterocycles. The molecule has 4 heteroatoms. The minimum Gasteiger partial charge on any atom is -0.494 e. The van der Waals surface area contributed by atoms with Gasteiger partial charge in [0.2, 0.25) is 5.91 Å². The quantitative estimate of drug-likeness (QED) is 0.855. The van der Waals surface area contributed by atoms with Crippen LogP contribution in [0.2, 0.25) is 0 Å². The number of benzene rings is 1. The molecule has 1 fully saturated rings. The first kappa shape index (κ1) is 12.9. The maximum Gasteiger partial charge on any atom is 0.225 e. The van der Waals surface area contributed by atoms with Crippen LogP contribution in [0.25, 0.3) is 0 Å². The number of amides is 1. The molecular formula is C14H19NO3. The number of para-hydroxylation sites is 1. The van der Waals surface area contributed by atoms with Crippen molar-refractivity contribution in [3.63, 3.8) is 0 Å². The average molecular weight is 249 g/mol. The Hall–Kier alpha value is -1.55. The fraction of sp³-hybridized carbons (Fsp3) is 0.500. The fourth-order valence-electron chi connectivity index (χ4n) is 1.94. The van der Waals surface area contributed by atoms with E-state index in [1.807, 2.05) is 37.3 Å². The first-order valence-electron chi connectivity index (χ1n) is 6.31. The van der Waals surface area contributed by atoms with Gasteiger partial charge in [-0.15, -0.1) is 0 Å². The molecule has 98 valence electrons. The van der Waals surface area contributed by atoms with Crippen molar-refractivity contribution in [2.24, 2.45) is 5.92 Å². The summed E-state index contributed by atoms with van der Waals surface area (Å²) in [5.74, 6) is 0.884. The molecule has 2 rings (SSSR count). The topological polar surface area (TPSA) is 49.8 Å². The predicted molar refractivity (Wildman–Crippen MR) is 68.3 cm³/mol. The molecule has 1 N–H and O–H groups in total. The highest BCUT2D eigenvalue weighted by atomic mass is 16.5. The average Bonchev–Trinajstić information content (AvgIpc) is 2.35. The monoisotopic (exact) mass is 249 g/mol. The summed E-state index contributed by atoms with van der Waals surface area (Å²) in [4.78, 5) is 13.6. The number of aliphatic hydroxyl groups is 1. The SMILES string of the molecule is CC(CCOc1ccccc1)C(=O)N1CC(O)C1. The number of likely N-dealkylation sites (tertiary alicyclic amines) is 1. The lowest BCUT2D eigenvalue weighted by molar-refractivity contribution is -0.145. The second-order valence-corrected chi connectivity index (χ2v) is 4.75. The Morgan fingerprint density at radius 1 is 1.44 bits per heavy atom. The van der Waals surface area contributed by atoms with Gasteiger partial charge in [0, 0.05) is 19.0 Å². The van der Waals surface area contributed by atoms with Crippen molar-refractivity contribution in [1.29, 1.82) is 0 Å². The Bertz CT molecular complexity index is 387. The Morgan fingerprint density at radius 3 is 2.72 bits per heavy atom. The Kier molecular flexibility index (Phi) is 4.20. The van der Waals surface area contributed by atoms with Crippen molar-refractivity contribution in [2.75, 3.05) is 19.7 Å². The van der Waals surface area contributed by atoms with Crippen molar-refractivity contribution in [3.05, 3.63) is 30.3 Å². The van der Waals surface area contributed by atoms with Crippen LogP contribution < -0.4 is 4.74 Å². The molecule has 18 heavy (non-hydrogen) atoms. The molecule has 1 atom stereocenters. The van der Waals surface area contributed by atoms with E-state index in [1.165, 1.54) is 0 Å². The van der Waals surface area contributed by atoms with Gasteiger partial charge < -0.3 is 14.7 Å². The number of carbonyl (C=O) groups excluding carboxylic acids is 1. The second kappa shape index (κ2) is 5.87. The molecule has 1 amide bonds. The van der Waals surface area contributed by atoms with E-state index in [4.69, 9.17) is 9.84 Å². The lowest BCUT2D eigenvalue weighted by Gasteiger charge is -2.37. The molecule has 1 aliphatic rings. The molecule has 1 aromatic carbocycles. The summed E-state index contributed by atoms with van der Waals surface area (Å²) >= 11 is 0. The number of rotatable bonds is 5. The number of aliphatic hydroxyl groups excluding tert-OH is 1. The summed E-state index contributed by atoms with van der Waals surface area (Å²) < 4.78 is 5.56. The van der Waals surface area contributed by atoms with E-state index in [2.05, 4.69) is 0 Å². The number of ether oxygens (including phenoxy) is 1. The molecule has 1 heterocycles. The van der Waals surface area contributed by atoms with Gasteiger partial charge in [0.25, 0.3) is 0 Å². The number of carbonyl (C=O) groups is 1. The van der Waals surface area contributed by atoms with Gasteiger partial charge >= 0.3 is 0 Å². The fourth-order valence-corrected chi connectivity index (χ4v) is 1.94. The summed E-state index contributed by atoms with van der Waals surface area (Å²) in [5, 5.41) is 9.16. The van der Waals surface area contributed by atoms with Crippen LogP contribution in [0, 0.1) is 5.92 Å². The van der Waals surface area contributed by atoms with E-state index < -0.39 is 0 Å². The molecule has 4 nitrogen and oxygen atoms in total. The van der Waals surface area contributed by atoms with Crippen molar-refractivity contribution >= 4 is 5.91 Å². The summed E-state index contributed by atoms with van der Waals surface area (Å²) in [6.45, 7) is 3.39. The largest absolute Gasteiger partial charge is 0.494 e. The third-order valence-corrected chi connectivity index (χ3v) is 3.16. The molecule has 0 radical (unpaired) electrons. The maximum atomic E-state index is 11.9. The van der Waals surface area contributed by atoms with Gasteiger partial charge in [0.15, 0.2) is 0 Å². The molecule has 0 aliphatic carbocycles. The van der Waals surface area contributed by atoms with Gasteiger partial charge in [-0.3, -0.25) is 4.79 Å². The van der Waals surface area contributed by atoms with Crippen LogP contribution in [0.15, 0.2) is 30.3 Å². The first-order valence-corrected chi connectivity index (χ1v) is 6.31. The smallest absolute Gasteiger partial charge is 0.225 e. The minimum atomic E-state index is -0.332. The van der Waals surface area contributed by atoms with E-state index in [-0.39, 0.29) is 17.9 Å². The molecule has 0 aromatic heterocycles. The van der Waals surface area contributed by atoms with Crippen molar-refractivity contribution in [1.82, 2.24) is 4.90 Å². The standard InChI is InChI=1S/C14H19NO3/c1-11(14(17)15-9-12(16)10-15)7-8-18-13-5-3-2-4-6-13/h2-6,11-12,16H,7-10H2,1H3. The minimum absolute atomic E-state index is 0.0544. The molecular weight excluding hydrogens is 230 g/mol. The van der Waals surface area contributed by atoms with Gasteiger partial charge in [0.1, 0.15) is 5.75 Å². The zero-order valence-corrected chi connectivity index (χ0v) is 10.6. The lowest BCUT2D eigenvalue weighted by atomic mass is 10.0. The zero-order valence-electron chi connectivity index (χ0n) is 10.6. The van der Waals surface area contributed by atoms with E-state index in [9.17, 15) is 4.79 Å². The lowest BCUT2D eigenvalue weighted by Crippen LogP contribution is -2.55. The molecule has 0 spiro atoms. The van der Waals surface area contributed by atoms with Gasteiger partial charge in [-0.2, -0.15) is 0 Å². The van der Waals surface area contributed by atoms with E-state index >= 15 is 0 Å². The zero-order chi connectivity index (χ0) is 13.0.